The number of para-hydroxylation sites is 1. The van der Waals surface area contributed by atoms with Gasteiger partial charge >= 0.3 is 0 Å². The van der Waals surface area contributed by atoms with E-state index in [1.807, 2.05) is 59.3 Å². The fourth-order valence-corrected chi connectivity index (χ4v) is 3.22. The summed E-state index contributed by atoms with van der Waals surface area (Å²) in [5.74, 6) is 0.321. The summed E-state index contributed by atoms with van der Waals surface area (Å²) in [4.78, 5) is 14.6. The highest BCUT2D eigenvalue weighted by Gasteiger charge is 2.16. The van der Waals surface area contributed by atoms with Crippen molar-refractivity contribution in [2.75, 3.05) is 26.9 Å². The second-order valence-electron chi connectivity index (χ2n) is 7.02. The maximum absolute atomic E-state index is 13.5. The van der Waals surface area contributed by atoms with Crippen LogP contribution in [-0.4, -0.2) is 42.2 Å². The number of carbonyl (C=O) groups excluding carboxylic acids is 1. The lowest BCUT2D eigenvalue weighted by molar-refractivity contribution is -0.134. The summed E-state index contributed by atoms with van der Waals surface area (Å²) in [6.45, 7) is 2.11. The zero-order valence-corrected chi connectivity index (χ0v) is 17.2. The maximum Gasteiger partial charge on any atom is 0.260 e. The van der Waals surface area contributed by atoms with Gasteiger partial charge in [0, 0.05) is 38.7 Å². The number of hydrogen-bond donors (Lipinski definition) is 0. The first-order valence-electron chi connectivity index (χ1n) is 9.98. The molecule has 1 amide bonds. The molecule has 0 aliphatic carbocycles. The minimum Gasteiger partial charge on any atom is -0.484 e. The molecule has 6 heteroatoms. The maximum atomic E-state index is 13.5. The van der Waals surface area contributed by atoms with Crippen molar-refractivity contribution in [3.8, 4) is 5.75 Å². The zero-order chi connectivity index (χ0) is 21.2. The third-order valence-corrected chi connectivity index (χ3v) is 4.75. The van der Waals surface area contributed by atoms with Gasteiger partial charge in [0.2, 0.25) is 0 Å². The molecule has 0 aliphatic heterocycles. The number of carbonyl (C=O) groups is 1. The van der Waals surface area contributed by atoms with Gasteiger partial charge in [-0.3, -0.25) is 4.79 Å². The summed E-state index contributed by atoms with van der Waals surface area (Å²) in [7, 11) is 1.65. The monoisotopic (exact) mass is 410 g/mol. The van der Waals surface area contributed by atoms with Crippen molar-refractivity contribution in [3.63, 3.8) is 0 Å². The van der Waals surface area contributed by atoms with Gasteiger partial charge in [-0.15, -0.1) is 0 Å². The molecule has 0 bridgehead atoms. The lowest BCUT2D eigenvalue weighted by Crippen LogP contribution is -2.36. The fourth-order valence-electron chi connectivity index (χ4n) is 3.22. The van der Waals surface area contributed by atoms with Crippen molar-refractivity contribution in [1.82, 2.24) is 9.47 Å². The van der Waals surface area contributed by atoms with E-state index >= 15 is 0 Å². The molecule has 0 aliphatic rings. The molecule has 0 fully saturated rings. The number of halogens is 1. The minimum atomic E-state index is -0.254. The Bertz CT molecular complexity index is 927. The zero-order valence-electron chi connectivity index (χ0n) is 17.2. The summed E-state index contributed by atoms with van der Waals surface area (Å²) in [5, 5.41) is 0. The Balaban J connectivity index is 1.67. The number of ether oxygens (including phenoxy) is 2. The molecule has 0 unspecified atom stereocenters. The van der Waals surface area contributed by atoms with E-state index in [-0.39, 0.29) is 18.3 Å². The average molecular weight is 410 g/mol. The molecule has 0 atom stereocenters. The summed E-state index contributed by atoms with van der Waals surface area (Å²) in [5.41, 5.74) is 1.85. The number of nitrogens with zero attached hydrogens (tertiary/aromatic N) is 2. The lowest BCUT2D eigenvalue weighted by Gasteiger charge is -2.24. The topological polar surface area (TPSA) is 43.7 Å². The van der Waals surface area contributed by atoms with Crippen molar-refractivity contribution < 1.29 is 18.7 Å². The molecule has 158 valence electrons. The summed E-state index contributed by atoms with van der Waals surface area (Å²) >= 11 is 0. The fraction of sp³-hybridized carbons (Fsp3) is 0.292. The summed E-state index contributed by atoms with van der Waals surface area (Å²) in [6, 6.07) is 19.8. The van der Waals surface area contributed by atoms with Gasteiger partial charge in [0.25, 0.3) is 5.91 Å². The van der Waals surface area contributed by atoms with Crippen LogP contribution in [0, 0.1) is 5.82 Å². The van der Waals surface area contributed by atoms with E-state index in [0.29, 0.717) is 32.0 Å². The van der Waals surface area contributed by atoms with Gasteiger partial charge in [-0.25, -0.2) is 4.39 Å². The highest BCUT2D eigenvalue weighted by atomic mass is 19.1. The first kappa shape index (κ1) is 21.6. The Kier molecular flexibility index (Phi) is 8.03. The number of benzene rings is 2. The van der Waals surface area contributed by atoms with E-state index in [2.05, 4.69) is 0 Å². The van der Waals surface area contributed by atoms with Crippen molar-refractivity contribution in [1.29, 1.82) is 0 Å². The lowest BCUT2D eigenvalue weighted by atomic mass is 10.2. The van der Waals surface area contributed by atoms with Crippen LogP contribution in [-0.2, 0) is 22.6 Å². The van der Waals surface area contributed by atoms with E-state index in [1.54, 1.807) is 18.1 Å². The standard InChI is InChI=1S/C24H27FN2O3/c1-29-15-7-14-27(24(28)19-30-23-11-3-2-4-12-23)18-22-10-6-13-26(22)17-20-8-5-9-21(25)16-20/h2-6,8-13,16H,7,14-15,17-19H2,1H3. The van der Waals surface area contributed by atoms with E-state index in [1.165, 1.54) is 12.1 Å². The normalized spacial score (nSPS) is 10.7. The molecule has 0 saturated heterocycles. The van der Waals surface area contributed by atoms with Crippen LogP contribution in [0.4, 0.5) is 4.39 Å². The Morgan fingerprint density at radius 1 is 1.07 bits per heavy atom. The van der Waals surface area contributed by atoms with Crippen molar-refractivity contribution in [3.05, 3.63) is 90.0 Å². The SMILES string of the molecule is COCCCN(Cc1cccn1Cc1cccc(F)c1)C(=O)COc1ccccc1. The van der Waals surface area contributed by atoms with Gasteiger partial charge < -0.3 is 18.9 Å². The Labute approximate surface area is 176 Å². The van der Waals surface area contributed by atoms with Gasteiger partial charge in [-0.1, -0.05) is 30.3 Å². The van der Waals surface area contributed by atoms with E-state index in [9.17, 15) is 9.18 Å². The van der Waals surface area contributed by atoms with Crippen molar-refractivity contribution in [2.24, 2.45) is 0 Å². The largest absolute Gasteiger partial charge is 0.484 e. The molecule has 1 heterocycles. The molecule has 0 saturated carbocycles. The van der Waals surface area contributed by atoms with Crippen LogP contribution in [0.3, 0.4) is 0 Å². The Hall–Kier alpha value is -3.12. The highest BCUT2D eigenvalue weighted by Crippen LogP contribution is 2.13. The highest BCUT2D eigenvalue weighted by molar-refractivity contribution is 5.77. The van der Waals surface area contributed by atoms with Crippen LogP contribution >= 0.6 is 0 Å². The molecular weight excluding hydrogens is 383 g/mol. The van der Waals surface area contributed by atoms with Crippen molar-refractivity contribution in [2.45, 2.75) is 19.5 Å². The molecule has 0 N–H and O–H groups in total. The van der Waals surface area contributed by atoms with E-state index < -0.39 is 0 Å². The second kappa shape index (κ2) is 11.2. The molecule has 30 heavy (non-hydrogen) atoms. The number of amides is 1. The third-order valence-electron chi connectivity index (χ3n) is 4.75. The molecule has 1 aromatic heterocycles. The van der Waals surface area contributed by atoms with Gasteiger partial charge in [-0.05, 0) is 48.4 Å². The van der Waals surface area contributed by atoms with Gasteiger partial charge in [-0.2, -0.15) is 0 Å². The van der Waals surface area contributed by atoms with E-state index in [4.69, 9.17) is 9.47 Å². The van der Waals surface area contributed by atoms with Crippen LogP contribution in [0.2, 0.25) is 0 Å². The molecule has 5 nitrogen and oxygen atoms in total. The van der Waals surface area contributed by atoms with Crippen LogP contribution < -0.4 is 4.74 Å². The third kappa shape index (κ3) is 6.46. The Morgan fingerprint density at radius 2 is 1.90 bits per heavy atom. The first-order chi connectivity index (χ1) is 14.7. The summed E-state index contributed by atoms with van der Waals surface area (Å²) in [6.07, 6.45) is 2.68. The molecule has 3 rings (SSSR count). The Morgan fingerprint density at radius 3 is 2.67 bits per heavy atom. The first-order valence-corrected chi connectivity index (χ1v) is 9.98. The molecule has 2 aromatic carbocycles. The predicted molar refractivity (Wildman–Crippen MR) is 114 cm³/mol. The molecule has 3 aromatic rings. The molecular formula is C24H27FN2O3. The number of aromatic nitrogens is 1. The van der Waals surface area contributed by atoms with Crippen molar-refractivity contribution >= 4 is 5.91 Å². The average Bonchev–Trinajstić information content (AvgIpc) is 3.18. The van der Waals surface area contributed by atoms with Crippen LogP contribution in [0.1, 0.15) is 17.7 Å². The van der Waals surface area contributed by atoms with Crippen LogP contribution in [0.5, 0.6) is 5.75 Å². The van der Waals surface area contributed by atoms with Gasteiger partial charge in [0.15, 0.2) is 6.61 Å². The predicted octanol–water partition coefficient (Wildman–Crippen LogP) is 4.12. The minimum absolute atomic E-state index is 0.0262. The molecule has 0 radical (unpaired) electrons. The number of hydrogen-bond acceptors (Lipinski definition) is 3. The summed E-state index contributed by atoms with van der Waals surface area (Å²) < 4.78 is 26.3. The number of rotatable bonds is 11. The number of methoxy groups -OCH3 is 1. The second-order valence-corrected chi connectivity index (χ2v) is 7.02. The molecule has 0 spiro atoms. The van der Waals surface area contributed by atoms with Gasteiger partial charge in [0.1, 0.15) is 11.6 Å². The van der Waals surface area contributed by atoms with E-state index in [0.717, 1.165) is 17.7 Å². The van der Waals surface area contributed by atoms with Crippen LogP contribution in [0.25, 0.3) is 0 Å². The quantitative estimate of drug-likeness (QED) is 0.447. The van der Waals surface area contributed by atoms with Crippen LogP contribution in [0.15, 0.2) is 72.9 Å². The van der Waals surface area contributed by atoms with Gasteiger partial charge in [0.05, 0.1) is 6.54 Å². The smallest absolute Gasteiger partial charge is 0.260 e.